The first-order valence-electron chi connectivity index (χ1n) is 11.5. The van der Waals surface area contributed by atoms with Crippen molar-refractivity contribution in [1.82, 2.24) is 9.62 Å². The third-order valence-corrected chi connectivity index (χ3v) is 8.47. The fraction of sp³-hybridized carbons (Fsp3) is 0.480. The van der Waals surface area contributed by atoms with E-state index in [1.54, 1.807) is 17.0 Å². The van der Waals surface area contributed by atoms with Gasteiger partial charge in [0.15, 0.2) is 0 Å². The van der Waals surface area contributed by atoms with Gasteiger partial charge in [0, 0.05) is 19.0 Å². The lowest BCUT2D eigenvalue weighted by Gasteiger charge is -2.48. The highest BCUT2D eigenvalue weighted by atomic mass is 32.2. The topological polar surface area (TPSA) is 95.9 Å². The molecule has 1 amide bonds. The van der Waals surface area contributed by atoms with Crippen LogP contribution in [0.5, 0.6) is 5.75 Å². The fourth-order valence-corrected chi connectivity index (χ4v) is 6.22. The number of fused-ring (bicyclic) bond motifs is 1. The SMILES string of the molecule is COc1ccc(S(=O)(=O)N[C@H](Cc2ccccc2)C(=O)N2CC[C@@]3(O)CCCC[C@@H]3C2)cc1. The van der Waals surface area contributed by atoms with E-state index in [4.69, 9.17) is 4.74 Å². The lowest BCUT2D eigenvalue weighted by Crippen LogP contribution is -2.58. The Balaban J connectivity index is 1.56. The summed E-state index contributed by atoms with van der Waals surface area (Å²) >= 11 is 0. The lowest BCUT2D eigenvalue weighted by atomic mass is 9.71. The standard InChI is InChI=1S/C25H32N2O5S/c1-32-21-10-12-22(13-11-21)33(30,31)26-23(17-19-7-3-2-4-8-19)24(28)27-16-15-25(29)14-6-5-9-20(25)18-27/h2-4,7-8,10-13,20,23,26,29H,5-6,9,14-18H2,1H3/t20-,23-,25+/m1/s1. The van der Waals surface area contributed by atoms with Gasteiger partial charge in [-0.05, 0) is 55.5 Å². The number of ether oxygens (including phenoxy) is 1. The minimum absolute atomic E-state index is 0.0412. The molecule has 178 valence electrons. The molecule has 0 aromatic heterocycles. The van der Waals surface area contributed by atoms with Gasteiger partial charge < -0.3 is 14.7 Å². The first kappa shape index (κ1) is 23.7. The predicted octanol–water partition coefficient (Wildman–Crippen LogP) is 2.74. The smallest absolute Gasteiger partial charge is 0.241 e. The molecule has 0 bridgehead atoms. The van der Waals surface area contributed by atoms with Gasteiger partial charge >= 0.3 is 0 Å². The molecule has 1 saturated heterocycles. The molecule has 4 rings (SSSR count). The zero-order valence-corrected chi connectivity index (χ0v) is 19.8. The van der Waals surface area contributed by atoms with Crippen LogP contribution in [0.1, 0.15) is 37.7 Å². The van der Waals surface area contributed by atoms with Crippen LogP contribution in [0.4, 0.5) is 0 Å². The molecule has 0 spiro atoms. The van der Waals surface area contributed by atoms with Crippen LogP contribution in [0.2, 0.25) is 0 Å². The second kappa shape index (κ2) is 9.83. The zero-order chi connectivity index (χ0) is 23.5. The maximum atomic E-state index is 13.6. The number of hydrogen-bond acceptors (Lipinski definition) is 5. The number of rotatable bonds is 7. The molecular formula is C25H32N2O5S. The van der Waals surface area contributed by atoms with Crippen molar-refractivity contribution in [2.24, 2.45) is 5.92 Å². The number of amides is 1. The summed E-state index contributed by atoms with van der Waals surface area (Å²) in [6.07, 6.45) is 4.51. The Kier molecular flexibility index (Phi) is 7.07. The summed E-state index contributed by atoms with van der Waals surface area (Å²) < 4.78 is 34.0. The van der Waals surface area contributed by atoms with Crippen molar-refractivity contribution in [3.8, 4) is 5.75 Å². The van der Waals surface area contributed by atoms with Gasteiger partial charge in [0.25, 0.3) is 0 Å². The monoisotopic (exact) mass is 472 g/mol. The van der Waals surface area contributed by atoms with Crippen molar-refractivity contribution in [2.75, 3.05) is 20.2 Å². The lowest BCUT2D eigenvalue weighted by molar-refractivity contribution is -0.145. The summed E-state index contributed by atoms with van der Waals surface area (Å²) in [6, 6.07) is 14.6. The molecule has 1 heterocycles. The molecule has 33 heavy (non-hydrogen) atoms. The minimum Gasteiger partial charge on any atom is -0.497 e. The number of nitrogens with one attached hydrogen (secondary N) is 1. The second-order valence-electron chi connectivity index (χ2n) is 9.12. The van der Waals surface area contributed by atoms with Gasteiger partial charge in [-0.3, -0.25) is 4.79 Å². The highest BCUT2D eigenvalue weighted by Gasteiger charge is 2.44. The maximum Gasteiger partial charge on any atom is 0.241 e. The van der Waals surface area contributed by atoms with Gasteiger partial charge in [-0.25, -0.2) is 8.42 Å². The summed E-state index contributed by atoms with van der Waals surface area (Å²) in [5, 5.41) is 11.0. The van der Waals surface area contributed by atoms with Crippen molar-refractivity contribution in [3.63, 3.8) is 0 Å². The number of aliphatic hydroxyl groups is 1. The molecule has 2 N–H and O–H groups in total. The van der Waals surface area contributed by atoms with Crippen molar-refractivity contribution >= 4 is 15.9 Å². The van der Waals surface area contributed by atoms with Gasteiger partial charge in [-0.2, -0.15) is 4.72 Å². The molecular weight excluding hydrogens is 440 g/mol. The van der Waals surface area contributed by atoms with E-state index in [0.29, 0.717) is 25.3 Å². The maximum absolute atomic E-state index is 13.6. The molecule has 3 atom stereocenters. The summed E-state index contributed by atoms with van der Waals surface area (Å²) in [5.41, 5.74) is 0.173. The van der Waals surface area contributed by atoms with E-state index >= 15 is 0 Å². The molecule has 2 aromatic rings. The minimum atomic E-state index is -3.93. The van der Waals surface area contributed by atoms with E-state index in [-0.39, 0.29) is 23.1 Å². The average molecular weight is 473 g/mol. The summed E-state index contributed by atoms with van der Waals surface area (Å²) in [7, 11) is -2.41. The fourth-order valence-electron chi connectivity index (χ4n) is 5.03. The predicted molar refractivity (Wildman–Crippen MR) is 125 cm³/mol. The largest absolute Gasteiger partial charge is 0.497 e. The van der Waals surface area contributed by atoms with Crippen LogP contribution in [0.25, 0.3) is 0 Å². The third kappa shape index (κ3) is 5.39. The van der Waals surface area contributed by atoms with E-state index in [1.165, 1.54) is 19.2 Å². The Morgan fingerprint density at radius 3 is 2.58 bits per heavy atom. The van der Waals surface area contributed by atoms with E-state index in [2.05, 4.69) is 4.72 Å². The van der Waals surface area contributed by atoms with Gasteiger partial charge in [-0.1, -0.05) is 43.2 Å². The summed E-state index contributed by atoms with van der Waals surface area (Å²) in [5.74, 6) is 0.349. The van der Waals surface area contributed by atoms with Gasteiger partial charge in [0.1, 0.15) is 11.8 Å². The van der Waals surface area contributed by atoms with Crippen LogP contribution in [-0.4, -0.2) is 56.2 Å². The summed E-state index contributed by atoms with van der Waals surface area (Å²) in [6.45, 7) is 0.895. The van der Waals surface area contributed by atoms with Gasteiger partial charge in [0.05, 0.1) is 17.6 Å². The molecule has 8 heteroatoms. The number of likely N-dealkylation sites (tertiary alicyclic amines) is 1. The average Bonchev–Trinajstić information content (AvgIpc) is 2.83. The number of hydrogen-bond donors (Lipinski definition) is 2. The molecule has 2 aromatic carbocycles. The first-order chi connectivity index (χ1) is 15.8. The van der Waals surface area contributed by atoms with Crippen LogP contribution in [0, 0.1) is 5.92 Å². The normalized spacial score (nSPS) is 24.1. The highest BCUT2D eigenvalue weighted by molar-refractivity contribution is 7.89. The second-order valence-corrected chi connectivity index (χ2v) is 10.8. The number of carbonyl (C=O) groups is 1. The molecule has 0 unspecified atom stereocenters. The van der Waals surface area contributed by atoms with Crippen LogP contribution < -0.4 is 9.46 Å². The van der Waals surface area contributed by atoms with Crippen LogP contribution in [0.3, 0.4) is 0 Å². The molecule has 1 aliphatic heterocycles. The zero-order valence-electron chi connectivity index (χ0n) is 18.9. The molecule has 1 aliphatic carbocycles. The summed E-state index contributed by atoms with van der Waals surface area (Å²) in [4.78, 5) is 15.4. The van der Waals surface area contributed by atoms with Crippen LogP contribution >= 0.6 is 0 Å². The highest BCUT2D eigenvalue weighted by Crippen LogP contribution is 2.40. The van der Waals surface area contributed by atoms with E-state index in [0.717, 1.165) is 31.2 Å². The van der Waals surface area contributed by atoms with Crippen LogP contribution in [0.15, 0.2) is 59.5 Å². The Hall–Kier alpha value is -2.42. The quantitative estimate of drug-likeness (QED) is 0.646. The van der Waals surface area contributed by atoms with Crippen LogP contribution in [-0.2, 0) is 21.2 Å². The number of sulfonamides is 1. The van der Waals surface area contributed by atoms with E-state index in [9.17, 15) is 18.3 Å². The van der Waals surface area contributed by atoms with Gasteiger partial charge in [0.2, 0.25) is 15.9 Å². The van der Waals surface area contributed by atoms with Crippen molar-refractivity contribution < 1.29 is 23.1 Å². The number of methoxy groups -OCH3 is 1. The number of nitrogens with zero attached hydrogens (tertiary/aromatic N) is 1. The molecule has 7 nitrogen and oxygen atoms in total. The number of carbonyl (C=O) groups excluding carboxylic acids is 1. The van der Waals surface area contributed by atoms with Crippen molar-refractivity contribution in [3.05, 3.63) is 60.2 Å². The van der Waals surface area contributed by atoms with E-state index in [1.807, 2.05) is 30.3 Å². The molecule has 0 radical (unpaired) electrons. The Labute approximate surface area is 195 Å². The first-order valence-corrected chi connectivity index (χ1v) is 13.0. The van der Waals surface area contributed by atoms with Crippen molar-refractivity contribution in [1.29, 1.82) is 0 Å². The Morgan fingerprint density at radius 2 is 1.88 bits per heavy atom. The molecule has 2 fully saturated rings. The Morgan fingerprint density at radius 1 is 1.15 bits per heavy atom. The van der Waals surface area contributed by atoms with Crippen molar-refractivity contribution in [2.45, 2.75) is 55.1 Å². The third-order valence-electron chi connectivity index (χ3n) is 6.99. The molecule has 1 saturated carbocycles. The van der Waals surface area contributed by atoms with E-state index < -0.39 is 21.7 Å². The van der Waals surface area contributed by atoms with Gasteiger partial charge in [-0.15, -0.1) is 0 Å². The Bertz CT molecular complexity index is 1060. The molecule has 2 aliphatic rings. The number of benzene rings is 2. The number of piperidine rings is 1.